The maximum absolute atomic E-state index is 10.2. The molecule has 1 aromatic rings. The van der Waals surface area contributed by atoms with Crippen LogP contribution in [-0.4, -0.2) is 28.5 Å². The highest BCUT2D eigenvalue weighted by Gasteiger charge is 2.00. The molecule has 0 radical (unpaired) electrons. The van der Waals surface area contributed by atoms with E-state index in [9.17, 15) is 4.79 Å². The van der Waals surface area contributed by atoms with Crippen molar-refractivity contribution < 1.29 is 14.7 Å². The van der Waals surface area contributed by atoms with Gasteiger partial charge in [-0.1, -0.05) is 16.8 Å². The zero-order chi connectivity index (χ0) is 12.7. The predicted octanol–water partition coefficient (Wildman–Crippen LogP) is 1.24. The van der Waals surface area contributed by atoms with E-state index in [1.165, 1.54) is 6.20 Å². The van der Waals surface area contributed by atoms with Crippen LogP contribution in [0.25, 0.3) is 0 Å². The van der Waals surface area contributed by atoms with E-state index < -0.39 is 5.97 Å². The summed E-state index contributed by atoms with van der Waals surface area (Å²) in [5.74, 6) is -0.697. The fourth-order valence-electron chi connectivity index (χ4n) is 0.983. The Bertz CT molecular complexity index is 406. The van der Waals surface area contributed by atoms with Gasteiger partial charge in [0.2, 0.25) is 0 Å². The third-order valence-electron chi connectivity index (χ3n) is 1.81. The molecule has 0 bridgehead atoms. The van der Waals surface area contributed by atoms with E-state index in [4.69, 9.17) is 27.3 Å². The fraction of sp³-hybridized carbons (Fsp3) is 0.300. The summed E-state index contributed by atoms with van der Waals surface area (Å²) in [6.07, 6.45) is 1.89. The highest BCUT2D eigenvalue weighted by Crippen LogP contribution is 2.05. The maximum Gasteiger partial charge on any atom is 0.303 e. The van der Waals surface area contributed by atoms with Crippen LogP contribution in [0.5, 0.6) is 0 Å². The van der Waals surface area contributed by atoms with E-state index in [1.807, 2.05) is 0 Å². The quantitative estimate of drug-likeness (QED) is 0.263. The van der Waals surface area contributed by atoms with Crippen molar-refractivity contribution in [3.63, 3.8) is 0 Å². The molecule has 0 aliphatic rings. The fourth-order valence-corrected chi connectivity index (χ4v) is 1.09. The Morgan fingerprint density at radius 3 is 2.94 bits per heavy atom. The van der Waals surface area contributed by atoms with Crippen molar-refractivity contribution in [3.8, 4) is 0 Å². The summed E-state index contributed by atoms with van der Waals surface area (Å²) in [7, 11) is 0. The summed E-state index contributed by atoms with van der Waals surface area (Å²) >= 11 is 5.61. The number of carbonyl (C=O) groups is 1. The number of nitrogens with zero attached hydrogens (tertiary/aromatic N) is 2. The SMILES string of the molecule is N/C(=N\OCCCC(=O)O)c1ccc(Cl)nc1. The van der Waals surface area contributed by atoms with Crippen LogP contribution < -0.4 is 5.73 Å². The number of hydrogen-bond acceptors (Lipinski definition) is 4. The Balaban J connectivity index is 2.39. The van der Waals surface area contributed by atoms with Gasteiger partial charge >= 0.3 is 5.97 Å². The Morgan fingerprint density at radius 2 is 2.35 bits per heavy atom. The van der Waals surface area contributed by atoms with Gasteiger partial charge in [0.15, 0.2) is 5.84 Å². The molecule has 0 aliphatic heterocycles. The Hall–Kier alpha value is -1.82. The van der Waals surface area contributed by atoms with Gasteiger partial charge in [-0.05, 0) is 18.6 Å². The average molecular weight is 258 g/mol. The molecule has 0 aliphatic carbocycles. The highest BCUT2D eigenvalue weighted by atomic mass is 35.5. The molecule has 0 amide bonds. The summed E-state index contributed by atoms with van der Waals surface area (Å²) in [5, 5.41) is 12.4. The number of nitrogens with two attached hydrogens (primary N) is 1. The lowest BCUT2D eigenvalue weighted by atomic mass is 10.3. The van der Waals surface area contributed by atoms with Crippen molar-refractivity contribution in [2.75, 3.05) is 6.61 Å². The number of carboxylic acids is 1. The molecule has 7 heteroatoms. The second-order valence-corrected chi connectivity index (χ2v) is 3.56. The Morgan fingerprint density at radius 1 is 1.59 bits per heavy atom. The summed E-state index contributed by atoms with van der Waals surface area (Å²) < 4.78 is 0. The highest BCUT2D eigenvalue weighted by molar-refractivity contribution is 6.29. The van der Waals surface area contributed by atoms with Crippen molar-refractivity contribution >= 4 is 23.4 Å². The molecule has 0 spiro atoms. The first-order valence-electron chi connectivity index (χ1n) is 4.88. The number of oxime groups is 1. The van der Waals surface area contributed by atoms with Crippen LogP contribution >= 0.6 is 11.6 Å². The number of hydrogen-bond donors (Lipinski definition) is 2. The number of aliphatic carboxylic acids is 1. The van der Waals surface area contributed by atoms with Crippen molar-refractivity contribution in [2.24, 2.45) is 10.9 Å². The maximum atomic E-state index is 10.2. The van der Waals surface area contributed by atoms with Gasteiger partial charge in [0.1, 0.15) is 11.8 Å². The molecule has 0 saturated carbocycles. The molecule has 0 unspecified atom stereocenters. The van der Waals surface area contributed by atoms with Crippen LogP contribution in [0.1, 0.15) is 18.4 Å². The number of aromatic nitrogens is 1. The summed E-state index contributed by atoms with van der Waals surface area (Å²) in [6, 6.07) is 3.25. The van der Waals surface area contributed by atoms with Crippen LogP contribution in [0.4, 0.5) is 0 Å². The smallest absolute Gasteiger partial charge is 0.303 e. The van der Waals surface area contributed by atoms with Crippen LogP contribution in [0.3, 0.4) is 0 Å². The van der Waals surface area contributed by atoms with Gasteiger partial charge in [-0.3, -0.25) is 4.79 Å². The average Bonchev–Trinajstić information content (AvgIpc) is 2.29. The zero-order valence-corrected chi connectivity index (χ0v) is 9.72. The molecule has 92 valence electrons. The molecule has 0 aromatic carbocycles. The predicted molar refractivity (Wildman–Crippen MR) is 62.8 cm³/mol. The standard InChI is InChI=1S/C10H12ClN3O3/c11-8-4-3-7(6-13-8)10(12)14-17-5-1-2-9(15)16/h3-4,6H,1-2,5H2,(H2,12,14)(H,15,16). The van der Waals surface area contributed by atoms with Crippen molar-refractivity contribution in [1.82, 2.24) is 4.98 Å². The van der Waals surface area contributed by atoms with Gasteiger partial charge in [-0.2, -0.15) is 0 Å². The largest absolute Gasteiger partial charge is 0.481 e. The number of amidine groups is 1. The normalized spacial score (nSPS) is 11.2. The molecular weight excluding hydrogens is 246 g/mol. The molecular formula is C10H12ClN3O3. The van der Waals surface area contributed by atoms with Gasteiger partial charge in [-0.25, -0.2) is 4.98 Å². The Kier molecular flexibility index (Phi) is 5.22. The summed E-state index contributed by atoms with van der Waals surface area (Å²) in [5.41, 5.74) is 6.20. The molecule has 1 heterocycles. The summed E-state index contributed by atoms with van der Waals surface area (Å²) in [6.45, 7) is 0.202. The second-order valence-electron chi connectivity index (χ2n) is 3.18. The molecule has 6 nitrogen and oxygen atoms in total. The molecule has 0 fully saturated rings. The molecule has 0 atom stereocenters. The molecule has 0 saturated heterocycles. The van der Waals surface area contributed by atoms with E-state index in [0.29, 0.717) is 17.1 Å². The molecule has 1 aromatic heterocycles. The van der Waals surface area contributed by atoms with E-state index in [1.54, 1.807) is 12.1 Å². The van der Waals surface area contributed by atoms with Crippen LogP contribution in [0, 0.1) is 0 Å². The van der Waals surface area contributed by atoms with Gasteiger partial charge in [0.05, 0.1) is 0 Å². The topological polar surface area (TPSA) is 97.8 Å². The van der Waals surface area contributed by atoms with E-state index in [2.05, 4.69) is 10.1 Å². The first kappa shape index (κ1) is 13.2. The second kappa shape index (κ2) is 6.70. The molecule has 1 rings (SSSR count). The zero-order valence-electron chi connectivity index (χ0n) is 8.97. The van der Waals surface area contributed by atoms with Crippen LogP contribution in [0.15, 0.2) is 23.5 Å². The number of carboxylic acid groups (broad SMARTS) is 1. The van der Waals surface area contributed by atoms with Gasteiger partial charge in [-0.15, -0.1) is 0 Å². The number of rotatable bonds is 6. The minimum absolute atomic E-state index is 0.0396. The van der Waals surface area contributed by atoms with E-state index >= 15 is 0 Å². The van der Waals surface area contributed by atoms with Gasteiger partial charge < -0.3 is 15.7 Å². The number of pyridine rings is 1. The lowest BCUT2D eigenvalue weighted by molar-refractivity contribution is -0.137. The first-order valence-corrected chi connectivity index (χ1v) is 5.26. The third-order valence-corrected chi connectivity index (χ3v) is 2.04. The van der Waals surface area contributed by atoms with Crippen molar-refractivity contribution in [3.05, 3.63) is 29.0 Å². The summed E-state index contributed by atoms with van der Waals surface area (Å²) in [4.78, 5) is 18.9. The van der Waals surface area contributed by atoms with E-state index in [0.717, 1.165) is 0 Å². The number of halogens is 1. The Labute approximate surface area is 103 Å². The van der Waals surface area contributed by atoms with Gasteiger partial charge in [0, 0.05) is 18.2 Å². The monoisotopic (exact) mass is 257 g/mol. The van der Waals surface area contributed by atoms with Crippen molar-refractivity contribution in [1.29, 1.82) is 0 Å². The first-order chi connectivity index (χ1) is 8.09. The van der Waals surface area contributed by atoms with Crippen molar-refractivity contribution in [2.45, 2.75) is 12.8 Å². The molecule has 3 N–H and O–H groups in total. The van der Waals surface area contributed by atoms with E-state index in [-0.39, 0.29) is 18.9 Å². The molecule has 17 heavy (non-hydrogen) atoms. The lowest BCUT2D eigenvalue weighted by Crippen LogP contribution is -2.14. The van der Waals surface area contributed by atoms with Crippen LogP contribution in [-0.2, 0) is 9.63 Å². The lowest BCUT2D eigenvalue weighted by Gasteiger charge is -2.01. The minimum atomic E-state index is -0.868. The van der Waals surface area contributed by atoms with Gasteiger partial charge in [0.25, 0.3) is 0 Å². The van der Waals surface area contributed by atoms with Crippen LogP contribution in [0.2, 0.25) is 5.15 Å². The minimum Gasteiger partial charge on any atom is -0.481 e. The third kappa shape index (κ3) is 5.17.